The zero-order valence-electron chi connectivity index (χ0n) is 10.5. The molecule has 0 aromatic carbocycles. The Bertz CT molecular complexity index is 304. The second kappa shape index (κ2) is 4.60. The molecule has 1 aliphatic heterocycles. The lowest BCUT2D eigenvalue weighted by Gasteiger charge is -2.37. The van der Waals surface area contributed by atoms with E-state index in [1.807, 2.05) is 6.08 Å². The van der Waals surface area contributed by atoms with Crippen LogP contribution in [0.4, 0.5) is 0 Å². The third kappa shape index (κ3) is 2.16. The molecule has 2 heteroatoms. The summed E-state index contributed by atoms with van der Waals surface area (Å²) in [7, 11) is 0. The standard InChI is InChI=1S/C14H22O2/c1-9(2)11-5-4-10(3)8-13(11)12-6-7-16-14(12)15/h6,9-11,13H,4-5,7-8H2,1-3H3. The minimum Gasteiger partial charge on any atom is -0.458 e. The van der Waals surface area contributed by atoms with Gasteiger partial charge in [0.15, 0.2) is 0 Å². The van der Waals surface area contributed by atoms with E-state index in [4.69, 9.17) is 4.74 Å². The molecule has 0 N–H and O–H groups in total. The van der Waals surface area contributed by atoms with Crippen molar-refractivity contribution in [1.29, 1.82) is 0 Å². The number of hydrogen-bond donors (Lipinski definition) is 0. The van der Waals surface area contributed by atoms with Crippen LogP contribution < -0.4 is 0 Å². The van der Waals surface area contributed by atoms with E-state index in [2.05, 4.69) is 20.8 Å². The van der Waals surface area contributed by atoms with Crippen LogP contribution in [0.1, 0.15) is 40.0 Å². The molecule has 3 unspecified atom stereocenters. The largest absolute Gasteiger partial charge is 0.458 e. The smallest absolute Gasteiger partial charge is 0.334 e. The summed E-state index contributed by atoms with van der Waals surface area (Å²) < 4.78 is 5.05. The van der Waals surface area contributed by atoms with Crippen LogP contribution in [0.25, 0.3) is 0 Å². The summed E-state index contributed by atoms with van der Waals surface area (Å²) in [6.45, 7) is 7.33. The summed E-state index contributed by atoms with van der Waals surface area (Å²) in [5, 5.41) is 0. The fourth-order valence-electron chi connectivity index (χ4n) is 3.24. The highest BCUT2D eigenvalue weighted by Crippen LogP contribution is 2.42. The number of hydrogen-bond acceptors (Lipinski definition) is 2. The van der Waals surface area contributed by atoms with E-state index in [1.165, 1.54) is 12.8 Å². The van der Waals surface area contributed by atoms with E-state index in [-0.39, 0.29) is 5.97 Å². The summed E-state index contributed by atoms with van der Waals surface area (Å²) in [6.07, 6.45) is 5.72. The van der Waals surface area contributed by atoms with E-state index >= 15 is 0 Å². The SMILES string of the molecule is CC1CCC(C(C)C)C(C2=CCOC2=O)C1. The van der Waals surface area contributed by atoms with Crippen molar-refractivity contribution >= 4 is 5.97 Å². The van der Waals surface area contributed by atoms with E-state index < -0.39 is 0 Å². The number of esters is 1. The lowest BCUT2D eigenvalue weighted by atomic mass is 9.67. The third-order valence-electron chi connectivity index (χ3n) is 4.18. The molecule has 0 aromatic rings. The molecule has 3 atom stereocenters. The molecule has 0 amide bonds. The summed E-state index contributed by atoms with van der Waals surface area (Å²) in [5.74, 6) is 2.44. The predicted molar refractivity (Wildman–Crippen MR) is 63.9 cm³/mol. The van der Waals surface area contributed by atoms with Gasteiger partial charge in [0.05, 0.1) is 0 Å². The summed E-state index contributed by atoms with van der Waals surface area (Å²) in [6, 6.07) is 0. The first-order valence-electron chi connectivity index (χ1n) is 6.46. The lowest BCUT2D eigenvalue weighted by molar-refractivity contribution is -0.136. The zero-order chi connectivity index (χ0) is 11.7. The van der Waals surface area contributed by atoms with Crippen molar-refractivity contribution in [2.45, 2.75) is 40.0 Å². The topological polar surface area (TPSA) is 26.3 Å². The molecule has 2 aliphatic rings. The fraction of sp³-hybridized carbons (Fsp3) is 0.786. The Kier molecular flexibility index (Phi) is 3.36. The molecular formula is C14H22O2. The number of rotatable bonds is 2. The molecule has 0 bridgehead atoms. The monoisotopic (exact) mass is 222 g/mol. The molecule has 0 spiro atoms. The first-order chi connectivity index (χ1) is 7.59. The van der Waals surface area contributed by atoms with Gasteiger partial charge in [-0.15, -0.1) is 0 Å². The van der Waals surface area contributed by atoms with Crippen LogP contribution in [-0.2, 0) is 9.53 Å². The molecule has 90 valence electrons. The highest BCUT2D eigenvalue weighted by atomic mass is 16.5. The average Bonchev–Trinajstić information content (AvgIpc) is 2.63. The lowest BCUT2D eigenvalue weighted by Crippen LogP contribution is -2.30. The second-order valence-electron chi connectivity index (χ2n) is 5.69. The van der Waals surface area contributed by atoms with Crippen LogP contribution in [0.5, 0.6) is 0 Å². The molecule has 0 saturated heterocycles. The van der Waals surface area contributed by atoms with Crippen LogP contribution in [-0.4, -0.2) is 12.6 Å². The van der Waals surface area contributed by atoms with Crippen LogP contribution >= 0.6 is 0 Å². The van der Waals surface area contributed by atoms with Crippen molar-refractivity contribution in [3.8, 4) is 0 Å². The fourth-order valence-corrected chi connectivity index (χ4v) is 3.24. The quantitative estimate of drug-likeness (QED) is 0.671. The molecule has 1 aliphatic carbocycles. The van der Waals surface area contributed by atoms with E-state index in [9.17, 15) is 4.79 Å². The first-order valence-corrected chi connectivity index (χ1v) is 6.46. The molecule has 1 fully saturated rings. The van der Waals surface area contributed by atoms with Gasteiger partial charge in [0.2, 0.25) is 0 Å². The molecular weight excluding hydrogens is 200 g/mol. The maximum Gasteiger partial charge on any atom is 0.334 e. The van der Waals surface area contributed by atoms with Gasteiger partial charge in [-0.25, -0.2) is 4.79 Å². The maximum atomic E-state index is 11.7. The van der Waals surface area contributed by atoms with Crippen molar-refractivity contribution in [2.24, 2.45) is 23.7 Å². The van der Waals surface area contributed by atoms with Gasteiger partial charge in [0, 0.05) is 5.57 Å². The van der Waals surface area contributed by atoms with Gasteiger partial charge in [-0.3, -0.25) is 0 Å². The molecule has 1 saturated carbocycles. The Balaban J connectivity index is 2.17. The third-order valence-corrected chi connectivity index (χ3v) is 4.18. The Labute approximate surface area is 98.1 Å². The van der Waals surface area contributed by atoms with E-state index in [0.29, 0.717) is 24.4 Å². The molecule has 0 aromatic heterocycles. The maximum absolute atomic E-state index is 11.7. The number of cyclic esters (lactones) is 1. The van der Waals surface area contributed by atoms with Gasteiger partial charge in [-0.1, -0.05) is 27.2 Å². The Morgan fingerprint density at radius 3 is 2.69 bits per heavy atom. The first kappa shape index (κ1) is 11.7. The van der Waals surface area contributed by atoms with Crippen molar-refractivity contribution in [1.82, 2.24) is 0 Å². The highest BCUT2D eigenvalue weighted by molar-refractivity contribution is 5.91. The highest BCUT2D eigenvalue weighted by Gasteiger charge is 2.37. The van der Waals surface area contributed by atoms with Gasteiger partial charge in [0.25, 0.3) is 0 Å². The minimum absolute atomic E-state index is 0.0650. The Morgan fingerprint density at radius 2 is 2.12 bits per heavy atom. The van der Waals surface area contributed by atoms with Crippen molar-refractivity contribution in [2.75, 3.05) is 6.61 Å². The average molecular weight is 222 g/mol. The molecule has 2 rings (SSSR count). The summed E-state index contributed by atoms with van der Waals surface area (Å²) >= 11 is 0. The van der Waals surface area contributed by atoms with E-state index in [1.54, 1.807) is 0 Å². The molecule has 1 heterocycles. The number of ether oxygens (including phenoxy) is 1. The normalized spacial score (nSPS) is 35.1. The Morgan fingerprint density at radius 1 is 1.38 bits per heavy atom. The summed E-state index contributed by atoms with van der Waals surface area (Å²) in [5.41, 5.74) is 0.963. The predicted octanol–water partition coefficient (Wildman–Crippen LogP) is 3.18. The van der Waals surface area contributed by atoms with Crippen molar-refractivity contribution in [3.05, 3.63) is 11.6 Å². The number of carbonyl (C=O) groups is 1. The molecule has 0 radical (unpaired) electrons. The van der Waals surface area contributed by atoms with Gasteiger partial charge in [-0.05, 0) is 42.6 Å². The van der Waals surface area contributed by atoms with Crippen LogP contribution in [0.2, 0.25) is 0 Å². The number of carbonyl (C=O) groups excluding carboxylic acids is 1. The van der Waals surface area contributed by atoms with Crippen molar-refractivity contribution in [3.63, 3.8) is 0 Å². The van der Waals surface area contributed by atoms with Crippen LogP contribution in [0, 0.1) is 23.7 Å². The van der Waals surface area contributed by atoms with Crippen molar-refractivity contribution < 1.29 is 9.53 Å². The second-order valence-corrected chi connectivity index (χ2v) is 5.69. The Hall–Kier alpha value is -0.790. The van der Waals surface area contributed by atoms with E-state index in [0.717, 1.165) is 17.9 Å². The van der Waals surface area contributed by atoms with Crippen LogP contribution in [0.3, 0.4) is 0 Å². The van der Waals surface area contributed by atoms with Crippen LogP contribution in [0.15, 0.2) is 11.6 Å². The van der Waals surface area contributed by atoms with Gasteiger partial charge in [0.1, 0.15) is 6.61 Å². The van der Waals surface area contributed by atoms with Gasteiger partial charge < -0.3 is 4.74 Å². The van der Waals surface area contributed by atoms with Gasteiger partial charge in [-0.2, -0.15) is 0 Å². The minimum atomic E-state index is -0.0650. The zero-order valence-corrected chi connectivity index (χ0v) is 10.5. The molecule has 16 heavy (non-hydrogen) atoms. The summed E-state index contributed by atoms with van der Waals surface area (Å²) in [4.78, 5) is 11.7. The molecule has 2 nitrogen and oxygen atoms in total. The van der Waals surface area contributed by atoms with Gasteiger partial charge >= 0.3 is 5.97 Å².